The summed E-state index contributed by atoms with van der Waals surface area (Å²) >= 11 is 6.30. The maximum atomic E-state index is 12.8. The third kappa shape index (κ3) is 4.03. The van der Waals surface area contributed by atoms with Gasteiger partial charge in [0.05, 0.1) is 16.1 Å². The van der Waals surface area contributed by atoms with E-state index in [9.17, 15) is 22.8 Å². The summed E-state index contributed by atoms with van der Waals surface area (Å²) in [5.41, 5.74) is -1.83. The van der Waals surface area contributed by atoms with Crippen molar-refractivity contribution >= 4 is 23.5 Å². The highest BCUT2D eigenvalue weighted by atomic mass is 35.5. The largest absolute Gasteiger partial charge is 0.416 e. The molecule has 9 nitrogen and oxygen atoms in total. The lowest BCUT2D eigenvalue weighted by atomic mass is 10.0. The molecule has 0 bridgehead atoms. The van der Waals surface area contributed by atoms with Gasteiger partial charge in [-0.25, -0.2) is 9.36 Å². The third-order valence-corrected chi connectivity index (χ3v) is 4.54. The van der Waals surface area contributed by atoms with E-state index >= 15 is 0 Å². The van der Waals surface area contributed by atoms with Crippen molar-refractivity contribution < 1.29 is 18.0 Å². The second-order valence-corrected chi connectivity index (χ2v) is 6.38. The molecule has 0 radical (unpaired) electrons. The van der Waals surface area contributed by atoms with E-state index in [1.54, 1.807) is 13.8 Å². The van der Waals surface area contributed by atoms with Gasteiger partial charge in [-0.2, -0.15) is 18.3 Å². The number of carbonyl (C=O) groups excluding carboxylic acids is 1. The lowest BCUT2D eigenvalue weighted by molar-refractivity contribution is -0.137. The number of alkyl halides is 3. The highest BCUT2D eigenvalue weighted by Crippen LogP contribution is 2.32. The molecule has 0 fully saturated rings. The summed E-state index contributed by atoms with van der Waals surface area (Å²) < 4.78 is 40.8. The average molecular weight is 442 g/mol. The number of halogens is 4. The highest BCUT2D eigenvalue weighted by molar-refractivity contribution is 6.36. The predicted octanol–water partition coefficient (Wildman–Crippen LogP) is 2.86. The first-order chi connectivity index (χ1) is 14.2. The minimum absolute atomic E-state index is 0.0469. The molecule has 0 saturated carbocycles. The smallest absolute Gasteiger partial charge is 0.288 e. The first-order valence-electron chi connectivity index (χ1n) is 8.73. The molecule has 0 unspecified atom stereocenters. The minimum atomic E-state index is -4.53. The third-order valence-electron chi connectivity index (χ3n) is 4.17. The van der Waals surface area contributed by atoms with Crippen LogP contribution in [0.15, 0.2) is 29.1 Å². The summed E-state index contributed by atoms with van der Waals surface area (Å²) in [5, 5.41) is 16.9. The molecule has 0 spiro atoms. The van der Waals surface area contributed by atoms with Gasteiger partial charge in [-0.05, 0) is 42.0 Å². The Morgan fingerprint density at radius 3 is 2.33 bits per heavy atom. The van der Waals surface area contributed by atoms with Gasteiger partial charge < -0.3 is 0 Å². The van der Waals surface area contributed by atoms with Crippen LogP contribution >= 0.6 is 11.6 Å². The molecule has 0 aliphatic carbocycles. The number of anilines is 1. The Morgan fingerprint density at radius 2 is 1.77 bits per heavy atom. The molecule has 158 valence electrons. The van der Waals surface area contributed by atoms with E-state index in [4.69, 9.17) is 11.6 Å². The van der Waals surface area contributed by atoms with Crippen LogP contribution in [0.25, 0.3) is 11.1 Å². The Hall–Kier alpha value is -3.28. The number of aryl methyl sites for hydroxylation is 2. The van der Waals surface area contributed by atoms with Gasteiger partial charge in [0.2, 0.25) is 5.95 Å². The van der Waals surface area contributed by atoms with Crippen LogP contribution in [0.2, 0.25) is 5.02 Å². The fourth-order valence-corrected chi connectivity index (χ4v) is 2.97. The van der Waals surface area contributed by atoms with Gasteiger partial charge >= 0.3 is 6.18 Å². The molecule has 2 aromatic heterocycles. The van der Waals surface area contributed by atoms with Crippen LogP contribution < -0.4 is 10.9 Å². The van der Waals surface area contributed by atoms with Crippen LogP contribution in [-0.2, 0) is 19.3 Å². The van der Waals surface area contributed by atoms with E-state index in [0.29, 0.717) is 6.54 Å². The molecule has 3 aromatic rings. The summed E-state index contributed by atoms with van der Waals surface area (Å²) in [5.74, 6) is -0.731. The zero-order valence-electron chi connectivity index (χ0n) is 15.7. The van der Waals surface area contributed by atoms with Crippen LogP contribution in [0.1, 0.15) is 29.9 Å². The standard InChI is InChI=1S/C17H15ClF3N7O2/c1-3-27-15(30)11(9-5-7-10(8-6-9)17(19,20)21)12(18)13(24-27)14(29)22-16-23-25-26-28(16)4-2/h5-8H,3-4H2,1-2H3,(H,22,23,26,29). The van der Waals surface area contributed by atoms with Crippen molar-refractivity contribution in [1.29, 1.82) is 0 Å². The molecule has 0 aliphatic heterocycles. The quantitative estimate of drug-likeness (QED) is 0.652. The van der Waals surface area contributed by atoms with E-state index in [0.717, 1.165) is 28.9 Å². The highest BCUT2D eigenvalue weighted by Gasteiger charge is 2.30. The van der Waals surface area contributed by atoms with Gasteiger partial charge in [-0.3, -0.25) is 14.9 Å². The molecular formula is C17H15ClF3N7O2. The second kappa shape index (κ2) is 8.22. The number of hydrogen-bond donors (Lipinski definition) is 1. The van der Waals surface area contributed by atoms with Crippen molar-refractivity contribution in [1.82, 2.24) is 30.0 Å². The summed E-state index contributed by atoms with van der Waals surface area (Å²) in [6, 6.07) is 3.89. The molecule has 30 heavy (non-hydrogen) atoms. The zero-order valence-corrected chi connectivity index (χ0v) is 16.5. The minimum Gasteiger partial charge on any atom is -0.288 e. The average Bonchev–Trinajstić information content (AvgIpc) is 3.15. The Balaban J connectivity index is 2.09. The topological polar surface area (TPSA) is 108 Å². The number of benzene rings is 1. The molecule has 1 aromatic carbocycles. The Kier molecular flexibility index (Phi) is 5.87. The van der Waals surface area contributed by atoms with E-state index < -0.39 is 23.2 Å². The summed E-state index contributed by atoms with van der Waals surface area (Å²) in [4.78, 5) is 25.4. The molecule has 0 aliphatic rings. The molecular weight excluding hydrogens is 427 g/mol. The number of tetrazole rings is 1. The second-order valence-electron chi connectivity index (χ2n) is 6.01. The fraction of sp³-hybridized carbons (Fsp3) is 0.294. The van der Waals surface area contributed by atoms with Gasteiger partial charge in [0, 0.05) is 13.1 Å². The maximum Gasteiger partial charge on any atom is 0.416 e. The fourth-order valence-electron chi connectivity index (χ4n) is 2.65. The molecule has 0 saturated heterocycles. The lowest BCUT2D eigenvalue weighted by Crippen LogP contribution is -2.29. The van der Waals surface area contributed by atoms with Crippen molar-refractivity contribution in [2.45, 2.75) is 33.1 Å². The first-order valence-corrected chi connectivity index (χ1v) is 9.10. The van der Waals surface area contributed by atoms with Gasteiger partial charge in [0.1, 0.15) is 0 Å². The number of rotatable bonds is 5. The van der Waals surface area contributed by atoms with E-state index in [1.807, 2.05) is 0 Å². The number of hydrogen-bond acceptors (Lipinski definition) is 6. The van der Waals surface area contributed by atoms with Crippen LogP contribution in [-0.4, -0.2) is 35.9 Å². The van der Waals surface area contributed by atoms with Crippen molar-refractivity contribution in [3.63, 3.8) is 0 Å². The number of nitrogens with one attached hydrogen (secondary N) is 1. The van der Waals surface area contributed by atoms with Crippen molar-refractivity contribution in [2.75, 3.05) is 5.32 Å². The summed E-state index contributed by atoms with van der Waals surface area (Å²) in [6.45, 7) is 3.88. The molecule has 3 rings (SSSR count). The molecule has 1 amide bonds. The lowest BCUT2D eigenvalue weighted by Gasteiger charge is -2.13. The Labute approximate surface area is 172 Å². The van der Waals surface area contributed by atoms with Crippen molar-refractivity contribution in [3.8, 4) is 11.1 Å². The van der Waals surface area contributed by atoms with E-state index in [-0.39, 0.29) is 34.3 Å². The van der Waals surface area contributed by atoms with Gasteiger partial charge in [-0.1, -0.05) is 28.8 Å². The molecule has 13 heteroatoms. The first kappa shape index (κ1) is 21.4. The Bertz CT molecular complexity index is 1140. The summed E-state index contributed by atoms with van der Waals surface area (Å²) in [6.07, 6.45) is -4.53. The monoisotopic (exact) mass is 441 g/mol. The zero-order chi connectivity index (χ0) is 22.1. The van der Waals surface area contributed by atoms with E-state index in [2.05, 4.69) is 25.9 Å². The number of amides is 1. The van der Waals surface area contributed by atoms with Crippen LogP contribution in [0.4, 0.5) is 19.1 Å². The normalized spacial score (nSPS) is 11.5. The van der Waals surface area contributed by atoms with E-state index in [1.165, 1.54) is 4.68 Å². The number of nitrogens with zero attached hydrogens (tertiary/aromatic N) is 6. The molecule has 2 heterocycles. The predicted molar refractivity (Wildman–Crippen MR) is 101 cm³/mol. The van der Waals surface area contributed by atoms with Gasteiger partial charge in [0.15, 0.2) is 5.69 Å². The molecule has 1 N–H and O–H groups in total. The Morgan fingerprint density at radius 1 is 1.13 bits per heavy atom. The maximum absolute atomic E-state index is 12.8. The SMILES string of the molecule is CCn1nnnc1NC(=O)c1nn(CC)c(=O)c(-c2ccc(C(F)(F)F)cc2)c1Cl. The summed E-state index contributed by atoms with van der Waals surface area (Å²) in [7, 11) is 0. The molecule has 0 atom stereocenters. The van der Waals surface area contributed by atoms with Gasteiger partial charge in [0.25, 0.3) is 11.5 Å². The van der Waals surface area contributed by atoms with Crippen molar-refractivity contribution in [2.24, 2.45) is 0 Å². The van der Waals surface area contributed by atoms with Gasteiger partial charge in [-0.15, -0.1) is 0 Å². The van der Waals surface area contributed by atoms with Crippen molar-refractivity contribution in [3.05, 3.63) is 50.9 Å². The van der Waals surface area contributed by atoms with Crippen LogP contribution in [0, 0.1) is 0 Å². The number of carbonyl (C=O) groups is 1. The van der Waals surface area contributed by atoms with Crippen LogP contribution in [0.3, 0.4) is 0 Å². The van der Waals surface area contributed by atoms with Crippen LogP contribution in [0.5, 0.6) is 0 Å². The number of aromatic nitrogens is 6.